The first-order chi connectivity index (χ1) is 5.92. The molecule has 0 saturated carbocycles. The smallest absolute Gasteiger partial charge is 0.284 e. The zero-order chi connectivity index (χ0) is 11.8. The number of hydrogen-bond donors (Lipinski definition) is 1. The van der Waals surface area contributed by atoms with E-state index in [1.807, 2.05) is 0 Å². The van der Waals surface area contributed by atoms with Gasteiger partial charge in [-0.15, -0.1) is 0 Å². The van der Waals surface area contributed by atoms with Gasteiger partial charge in [-0.2, -0.15) is 39.1 Å². The minimum Gasteiger partial charge on any atom is -0.284 e. The summed E-state index contributed by atoms with van der Waals surface area (Å²) in [6.07, 6.45) is -12.7. The zero-order valence-electron chi connectivity index (χ0n) is 5.82. The van der Waals surface area contributed by atoms with Crippen LogP contribution in [-0.4, -0.2) is 27.0 Å². The first-order valence-electron chi connectivity index (χ1n) is 2.54. The Kier molecular flexibility index (Phi) is 3.51. The molecule has 0 aromatic rings. The maximum Gasteiger partial charge on any atom is 0.462 e. The standard InChI is InChI=1S/C3HF7O3S/c4-1(5,2(6,7)8)3(9,10)13-14(11)12/h(H,11,12). The van der Waals surface area contributed by atoms with E-state index in [-0.39, 0.29) is 0 Å². The van der Waals surface area contributed by atoms with Crippen LogP contribution in [0.3, 0.4) is 0 Å². The number of halogens is 7. The van der Waals surface area contributed by atoms with Gasteiger partial charge in [0.25, 0.3) is 0 Å². The molecular formula is C3HF7O3S. The summed E-state index contributed by atoms with van der Waals surface area (Å²) in [6, 6.07) is 0. The summed E-state index contributed by atoms with van der Waals surface area (Å²) in [7, 11) is 0. The SMILES string of the molecule is O=S(O)OC(F)(F)C(F)(F)C(F)(F)F. The molecule has 0 radical (unpaired) electrons. The third-order valence-corrected chi connectivity index (χ3v) is 1.25. The van der Waals surface area contributed by atoms with Gasteiger partial charge in [0.2, 0.25) is 0 Å². The van der Waals surface area contributed by atoms with E-state index in [4.69, 9.17) is 4.55 Å². The fourth-order valence-corrected chi connectivity index (χ4v) is 0.591. The van der Waals surface area contributed by atoms with Crippen LogP contribution in [0.2, 0.25) is 0 Å². The lowest BCUT2D eigenvalue weighted by Gasteiger charge is -2.25. The van der Waals surface area contributed by atoms with Crippen molar-refractivity contribution in [2.75, 3.05) is 0 Å². The molecule has 3 nitrogen and oxygen atoms in total. The Bertz CT molecular complexity index is 235. The summed E-state index contributed by atoms with van der Waals surface area (Å²) in [5, 5.41) is 0. The van der Waals surface area contributed by atoms with Crippen molar-refractivity contribution in [3.8, 4) is 0 Å². The summed E-state index contributed by atoms with van der Waals surface area (Å²) in [5.74, 6) is -6.54. The van der Waals surface area contributed by atoms with Gasteiger partial charge in [-0.3, -0.25) is 4.55 Å². The molecule has 1 unspecified atom stereocenters. The van der Waals surface area contributed by atoms with Crippen LogP contribution in [0.25, 0.3) is 0 Å². The predicted molar refractivity (Wildman–Crippen MR) is 27.8 cm³/mol. The highest BCUT2D eigenvalue weighted by Crippen LogP contribution is 2.47. The summed E-state index contributed by atoms with van der Waals surface area (Å²) >= 11 is -3.95. The molecule has 0 aromatic heterocycles. The van der Waals surface area contributed by atoms with E-state index in [0.717, 1.165) is 0 Å². The molecule has 0 aliphatic rings. The average molecular weight is 250 g/mol. The molecule has 0 rings (SSSR count). The van der Waals surface area contributed by atoms with Crippen molar-refractivity contribution in [1.82, 2.24) is 0 Å². The summed E-state index contributed by atoms with van der Waals surface area (Å²) in [6.45, 7) is 0. The minimum absolute atomic E-state index is 2.25. The fraction of sp³-hybridized carbons (Fsp3) is 1.00. The molecule has 0 fully saturated rings. The van der Waals surface area contributed by atoms with E-state index in [9.17, 15) is 34.9 Å². The number of rotatable bonds is 3. The monoisotopic (exact) mass is 250 g/mol. The van der Waals surface area contributed by atoms with Crippen LogP contribution in [0.5, 0.6) is 0 Å². The van der Waals surface area contributed by atoms with Crippen LogP contribution in [0.15, 0.2) is 0 Å². The van der Waals surface area contributed by atoms with Crippen molar-refractivity contribution < 1.29 is 43.7 Å². The average Bonchev–Trinajstić information content (AvgIpc) is 1.80. The fourth-order valence-electron chi connectivity index (χ4n) is 0.307. The summed E-state index contributed by atoms with van der Waals surface area (Å²) in [5.41, 5.74) is 0. The molecule has 0 saturated heterocycles. The molecule has 1 N–H and O–H groups in total. The van der Waals surface area contributed by atoms with Crippen LogP contribution in [0, 0.1) is 0 Å². The molecule has 14 heavy (non-hydrogen) atoms. The second-order valence-electron chi connectivity index (χ2n) is 1.89. The maximum absolute atomic E-state index is 11.9. The van der Waals surface area contributed by atoms with Crippen LogP contribution in [0.1, 0.15) is 0 Å². The Labute approximate surface area is 74.3 Å². The molecule has 86 valence electrons. The number of alkyl halides is 7. The minimum atomic E-state index is -6.59. The molecule has 0 amide bonds. The van der Waals surface area contributed by atoms with Crippen LogP contribution in [0.4, 0.5) is 30.7 Å². The van der Waals surface area contributed by atoms with Crippen molar-refractivity contribution in [3.05, 3.63) is 0 Å². The van der Waals surface area contributed by atoms with Gasteiger partial charge in [0.15, 0.2) is 0 Å². The molecule has 0 heterocycles. The van der Waals surface area contributed by atoms with Gasteiger partial charge in [0.1, 0.15) is 0 Å². The van der Waals surface area contributed by atoms with Gasteiger partial charge in [0, 0.05) is 0 Å². The lowest BCUT2D eigenvalue weighted by molar-refractivity contribution is -0.402. The highest BCUT2D eigenvalue weighted by molar-refractivity contribution is 7.74. The number of hydrogen-bond acceptors (Lipinski definition) is 2. The topological polar surface area (TPSA) is 46.5 Å². The molecule has 0 bridgehead atoms. The predicted octanol–water partition coefficient (Wildman–Crippen LogP) is 1.93. The third-order valence-electron chi connectivity index (χ3n) is 0.898. The molecule has 0 aromatic carbocycles. The lowest BCUT2D eigenvalue weighted by Crippen LogP contribution is -2.53. The Morgan fingerprint density at radius 1 is 1.00 bits per heavy atom. The van der Waals surface area contributed by atoms with E-state index in [1.54, 1.807) is 0 Å². The van der Waals surface area contributed by atoms with Gasteiger partial charge in [-0.05, 0) is 0 Å². The Balaban J connectivity index is 4.97. The van der Waals surface area contributed by atoms with Crippen molar-refractivity contribution in [2.45, 2.75) is 18.2 Å². The van der Waals surface area contributed by atoms with Crippen LogP contribution < -0.4 is 0 Å². The highest BCUT2D eigenvalue weighted by Gasteiger charge is 2.75. The third kappa shape index (κ3) is 2.54. The van der Waals surface area contributed by atoms with Crippen LogP contribution in [-0.2, 0) is 15.5 Å². The molecule has 0 aliphatic carbocycles. The summed E-state index contributed by atoms with van der Waals surface area (Å²) < 4.78 is 101. The van der Waals surface area contributed by atoms with E-state index in [0.29, 0.717) is 0 Å². The second-order valence-corrected chi connectivity index (χ2v) is 2.49. The van der Waals surface area contributed by atoms with Gasteiger partial charge < -0.3 is 0 Å². The van der Waals surface area contributed by atoms with Crippen molar-refractivity contribution in [3.63, 3.8) is 0 Å². The lowest BCUT2D eigenvalue weighted by atomic mass is 10.3. The van der Waals surface area contributed by atoms with Crippen molar-refractivity contribution in [1.29, 1.82) is 0 Å². The normalized spacial score (nSPS) is 16.9. The van der Waals surface area contributed by atoms with E-state index in [1.165, 1.54) is 0 Å². The van der Waals surface area contributed by atoms with Crippen LogP contribution >= 0.6 is 0 Å². The van der Waals surface area contributed by atoms with Gasteiger partial charge in [-0.1, -0.05) is 0 Å². The van der Waals surface area contributed by atoms with Gasteiger partial charge in [-0.25, -0.2) is 0 Å². The summed E-state index contributed by atoms with van der Waals surface area (Å²) in [4.78, 5) is 0. The van der Waals surface area contributed by atoms with E-state index in [2.05, 4.69) is 4.18 Å². The molecule has 11 heteroatoms. The molecular weight excluding hydrogens is 249 g/mol. The largest absolute Gasteiger partial charge is 0.462 e. The van der Waals surface area contributed by atoms with Crippen molar-refractivity contribution >= 4 is 11.4 Å². The first-order valence-corrected chi connectivity index (χ1v) is 3.57. The Morgan fingerprint density at radius 2 is 1.36 bits per heavy atom. The zero-order valence-corrected chi connectivity index (χ0v) is 6.63. The maximum atomic E-state index is 11.9. The quantitative estimate of drug-likeness (QED) is 0.615. The van der Waals surface area contributed by atoms with E-state index < -0.39 is 29.6 Å². The van der Waals surface area contributed by atoms with Gasteiger partial charge >= 0.3 is 29.6 Å². The van der Waals surface area contributed by atoms with Crippen molar-refractivity contribution in [2.24, 2.45) is 0 Å². The second kappa shape index (κ2) is 3.62. The molecule has 0 spiro atoms. The highest BCUT2D eigenvalue weighted by atomic mass is 32.2. The first kappa shape index (κ1) is 13.6. The van der Waals surface area contributed by atoms with Gasteiger partial charge in [0.05, 0.1) is 0 Å². The Morgan fingerprint density at radius 3 is 1.57 bits per heavy atom. The Hall–Kier alpha value is -0.420. The molecule has 0 aliphatic heterocycles. The molecule has 1 atom stereocenters. The van der Waals surface area contributed by atoms with E-state index >= 15 is 0 Å².